The summed E-state index contributed by atoms with van der Waals surface area (Å²) in [6, 6.07) is 3.79. The molecule has 0 spiro atoms. The Balaban J connectivity index is 2.00. The minimum absolute atomic E-state index is 0.0727. The molecule has 0 heterocycles. The Morgan fingerprint density at radius 3 is 2.41 bits per heavy atom. The molecule has 0 saturated heterocycles. The molecule has 0 amide bonds. The molecule has 1 fully saturated rings. The highest BCUT2D eigenvalue weighted by molar-refractivity contribution is 5.32. The molecule has 0 bridgehead atoms. The number of halogens is 2. The molecule has 1 aliphatic carbocycles. The number of rotatable bonds is 6. The first-order chi connectivity index (χ1) is 8.16. The van der Waals surface area contributed by atoms with E-state index in [1.807, 2.05) is 0 Å². The zero-order chi connectivity index (χ0) is 12.3. The van der Waals surface area contributed by atoms with Crippen LogP contribution in [0.3, 0.4) is 0 Å². The maximum atomic E-state index is 13.1. The van der Waals surface area contributed by atoms with Gasteiger partial charge in [-0.05, 0) is 30.5 Å². The molecule has 1 aromatic rings. The molecule has 1 saturated carbocycles. The molecule has 2 rings (SSSR count). The monoisotopic (exact) mass is 241 g/mol. The summed E-state index contributed by atoms with van der Waals surface area (Å²) >= 11 is 0. The van der Waals surface area contributed by atoms with Crippen LogP contribution in [0.5, 0.6) is 0 Å². The van der Waals surface area contributed by atoms with E-state index in [4.69, 9.17) is 4.74 Å². The molecular weight excluding hydrogens is 224 g/mol. The van der Waals surface area contributed by atoms with Crippen molar-refractivity contribution in [1.29, 1.82) is 0 Å². The van der Waals surface area contributed by atoms with Crippen LogP contribution in [0, 0.1) is 11.6 Å². The molecule has 0 atom stereocenters. The van der Waals surface area contributed by atoms with E-state index >= 15 is 0 Å². The average Bonchev–Trinajstić information content (AvgIpc) is 3.04. The van der Waals surface area contributed by atoms with Crippen LogP contribution in [0.25, 0.3) is 0 Å². The minimum Gasteiger partial charge on any atom is -0.383 e. The van der Waals surface area contributed by atoms with Crippen LogP contribution < -0.4 is 5.32 Å². The maximum Gasteiger partial charge on any atom is 0.126 e. The molecular formula is C13H17F2NO. The smallest absolute Gasteiger partial charge is 0.126 e. The van der Waals surface area contributed by atoms with Crippen molar-refractivity contribution in [3.8, 4) is 0 Å². The second-order valence-electron chi connectivity index (χ2n) is 4.61. The molecule has 2 nitrogen and oxygen atoms in total. The fourth-order valence-electron chi connectivity index (χ4n) is 2.08. The van der Waals surface area contributed by atoms with E-state index in [9.17, 15) is 8.78 Å². The molecule has 1 aromatic carbocycles. The zero-order valence-electron chi connectivity index (χ0n) is 9.93. The Morgan fingerprint density at radius 1 is 1.24 bits per heavy atom. The summed E-state index contributed by atoms with van der Waals surface area (Å²) < 4.78 is 31.2. The highest BCUT2D eigenvalue weighted by Gasteiger charge is 2.44. The van der Waals surface area contributed by atoms with Gasteiger partial charge in [-0.2, -0.15) is 0 Å². The highest BCUT2D eigenvalue weighted by Crippen LogP contribution is 2.47. The highest BCUT2D eigenvalue weighted by atomic mass is 19.1. The van der Waals surface area contributed by atoms with E-state index < -0.39 is 11.6 Å². The van der Waals surface area contributed by atoms with Crippen molar-refractivity contribution >= 4 is 0 Å². The molecule has 17 heavy (non-hydrogen) atoms. The predicted molar refractivity (Wildman–Crippen MR) is 62.0 cm³/mol. The number of benzene rings is 1. The van der Waals surface area contributed by atoms with Gasteiger partial charge in [0, 0.05) is 31.7 Å². The fourth-order valence-corrected chi connectivity index (χ4v) is 2.08. The summed E-state index contributed by atoms with van der Waals surface area (Å²) in [7, 11) is 1.65. The summed E-state index contributed by atoms with van der Waals surface area (Å²) in [6.07, 6.45) is 1.96. The van der Waals surface area contributed by atoms with Gasteiger partial charge in [0.25, 0.3) is 0 Å². The van der Waals surface area contributed by atoms with Gasteiger partial charge in [-0.25, -0.2) is 8.78 Å². The van der Waals surface area contributed by atoms with Crippen LogP contribution >= 0.6 is 0 Å². The normalized spacial score (nSPS) is 17.1. The van der Waals surface area contributed by atoms with E-state index in [2.05, 4.69) is 5.32 Å². The number of methoxy groups -OCH3 is 1. The van der Waals surface area contributed by atoms with Crippen LogP contribution in [0.4, 0.5) is 8.78 Å². The van der Waals surface area contributed by atoms with E-state index in [0.717, 1.165) is 37.6 Å². The van der Waals surface area contributed by atoms with Crippen LogP contribution in [0.1, 0.15) is 18.4 Å². The summed E-state index contributed by atoms with van der Waals surface area (Å²) in [5, 5.41) is 3.26. The van der Waals surface area contributed by atoms with Gasteiger partial charge in [0.05, 0.1) is 6.61 Å². The van der Waals surface area contributed by atoms with Crippen LogP contribution in [-0.2, 0) is 10.2 Å². The van der Waals surface area contributed by atoms with Crippen molar-refractivity contribution in [2.45, 2.75) is 18.3 Å². The van der Waals surface area contributed by atoms with Crippen LogP contribution in [-0.4, -0.2) is 26.8 Å². The zero-order valence-corrected chi connectivity index (χ0v) is 9.93. The summed E-state index contributed by atoms with van der Waals surface area (Å²) in [5.41, 5.74) is 0.691. The summed E-state index contributed by atoms with van der Waals surface area (Å²) in [6.45, 7) is 2.16. The van der Waals surface area contributed by atoms with E-state index in [0.29, 0.717) is 6.61 Å². The van der Waals surface area contributed by atoms with Crippen LogP contribution in [0.15, 0.2) is 18.2 Å². The van der Waals surface area contributed by atoms with Crippen molar-refractivity contribution < 1.29 is 13.5 Å². The number of ether oxygens (including phenoxy) is 1. The largest absolute Gasteiger partial charge is 0.383 e. The first kappa shape index (κ1) is 12.5. The molecule has 4 heteroatoms. The van der Waals surface area contributed by atoms with Crippen LogP contribution in [0.2, 0.25) is 0 Å². The molecule has 0 unspecified atom stereocenters. The third-order valence-corrected chi connectivity index (χ3v) is 3.27. The van der Waals surface area contributed by atoms with Crippen molar-refractivity contribution in [3.05, 3.63) is 35.4 Å². The van der Waals surface area contributed by atoms with Gasteiger partial charge in [0.1, 0.15) is 11.6 Å². The van der Waals surface area contributed by atoms with Gasteiger partial charge in [-0.15, -0.1) is 0 Å². The molecule has 0 aliphatic heterocycles. The van der Waals surface area contributed by atoms with Crippen molar-refractivity contribution in [2.24, 2.45) is 0 Å². The lowest BCUT2D eigenvalue weighted by molar-refractivity contribution is 0.198. The Bertz CT molecular complexity index is 371. The fraction of sp³-hybridized carbons (Fsp3) is 0.538. The summed E-state index contributed by atoms with van der Waals surface area (Å²) in [5.74, 6) is -0.994. The molecule has 1 aliphatic rings. The first-order valence-electron chi connectivity index (χ1n) is 5.82. The Morgan fingerprint density at radius 2 is 1.88 bits per heavy atom. The van der Waals surface area contributed by atoms with E-state index in [-0.39, 0.29) is 5.41 Å². The minimum atomic E-state index is -0.497. The molecule has 1 N–H and O–H groups in total. The first-order valence-corrected chi connectivity index (χ1v) is 5.82. The molecule has 0 aromatic heterocycles. The number of hydrogen-bond donors (Lipinski definition) is 1. The Labute approximate surface area is 100.0 Å². The standard InChI is InChI=1S/C13H17F2NO/c1-17-5-4-16-9-13(2-3-13)10-6-11(14)8-12(15)7-10/h6-8,16H,2-5,9H2,1H3. The third-order valence-electron chi connectivity index (χ3n) is 3.27. The molecule has 0 radical (unpaired) electrons. The maximum absolute atomic E-state index is 13.1. The lowest BCUT2D eigenvalue weighted by Gasteiger charge is -2.16. The van der Waals surface area contributed by atoms with Crippen molar-refractivity contribution in [1.82, 2.24) is 5.32 Å². The van der Waals surface area contributed by atoms with Gasteiger partial charge in [-0.3, -0.25) is 0 Å². The third kappa shape index (κ3) is 3.01. The number of nitrogens with one attached hydrogen (secondary N) is 1. The van der Waals surface area contributed by atoms with E-state index in [1.54, 1.807) is 7.11 Å². The second-order valence-corrected chi connectivity index (χ2v) is 4.61. The topological polar surface area (TPSA) is 21.3 Å². The van der Waals surface area contributed by atoms with Gasteiger partial charge in [-0.1, -0.05) is 0 Å². The quantitative estimate of drug-likeness (QED) is 0.771. The van der Waals surface area contributed by atoms with Crippen molar-refractivity contribution in [2.75, 3.05) is 26.8 Å². The van der Waals surface area contributed by atoms with Gasteiger partial charge < -0.3 is 10.1 Å². The lowest BCUT2D eigenvalue weighted by atomic mass is 9.95. The predicted octanol–water partition coefficient (Wildman–Crippen LogP) is 2.23. The SMILES string of the molecule is COCCNCC1(c2cc(F)cc(F)c2)CC1. The van der Waals surface area contributed by atoms with Gasteiger partial charge >= 0.3 is 0 Å². The Kier molecular flexibility index (Phi) is 3.74. The van der Waals surface area contributed by atoms with Crippen molar-refractivity contribution in [3.63, 3.8) is 0 Å². The van der Waals surface area contributed by atoms with Gasteiger partial charge in [0.15, 0.2) is 0 Å². The van der Waals surface area contributed by atoms with E-state index in [1.165, 1.54) is 12.1 Å². The average molecular weight is 241 g/mol. The summed E-state index contributed by atoms with van der Waals surface area (Å²) in [4.78, 5) is 0. The number of hydrogen-bond acceptors (Lipinski definition) is 2. The molecule has 94 valence electrons. The Hall–Kier alpha value is -1.00. The van der Waals surface area contributed by atoms with Gasteiger partial charge in [0.2, 0.25) is 0 Å². The lowest BCUT2D eigenvalue weighted by Crippen LogP contribution is -2.29. The second kappa shape index (κ2) is 5.10.